The standard InChI is InChI=1S/C17H15BrN2O/c1-10-6-7-11-13(9-20(2)15(11)8-10)17(21)12-4-3-5-14(19)16(12)18/h3-9H,19H2,1-2H3. The maximum absolute atomic E-state index is 12.8. The number of benzene rings is 2. The predicted molar refractivity (Wildman–Crippen MR) is 89.6 cm³/mol. The number of aromatic nitrogens is 1. The summed E-state index contributed by atoms with van der Waals surface area (Å²) in [7, 11) is 1.95. The number of hydrogen-bond acceptors (Lipinski definition) is 2. The van der Waals surface area contributed by atoms with Gasteiger partial charge in [-0.2, -0.15) is 0 Å². The van der Waals surface area contributed by atoms with E-state index in [2.05, 4.69) is 22.0 Å². The van der Waals surface area contributed by atoms with Crippen molar-refractivity contribution in [3.05, 3.63) is 63.8 Å². The van der Waals surface area contributed by atoms with Crippen LogP contribution in [0.2, 0.25) is 0 Å². The molecule has 0 aliphatic carbocycles. The Morgan fingerprint density at radius 2 is 1.95 bits per heavy atom. The Balaban J connectivity index is 2.21. The second kappa shape index (κ2) is 5.04. The van der Waals surface area contributed by atoms with Crippen LogP contribution in [0.3, 0.4) is 0 Å². The van der Waals surface area contributed by atoms with Gasteiger partial charge in [0.2, 0.25) is 0 Å². The maximum atomic E-state index is 12.8. The molecular formula is C17H15BrN2O. The number of fused-ring (bicyclic) bond motifs is 1. The highest BCUT2D eigenvalue weighted by Crippen LogP contribution is 2.29. The summed E-state index contributed by atoms with van der Waals surface area (Å²) >= 11 is 3.41. The van der Waals surface area contributed by atoms with Gasteiger partial charge in [0.15, 0.2) is 5.78 Å². The topological polar surface area (TPSA) is 48.0 Å². The fourth-order valence-electron chi connectivity index (χ4n) is 2.55. The van der Waals surface area contributed by atoms with Crippen molar-refractivity contribution in [2.24, 2.45) is 7.05 Å². The van der Waals surface area contributed by atoms with E-state index in [4.69, 9.17) is 5.73 Å². The van der Waals surface area contributed by atoms with Gasteiger partial charge in [-0.25, -0.2) is 0 Å². The second-order valence-electron chi connectivity index (χ2n) is 5.21. The summed E-state index contributed by atoms with van der Waals surface area (Å²) < 4.78 is 2.63. The first-order valence-electron chi connectivity index (χ1n) is 6.63. The molecule has 0 aliphatic heterocycles. The number of aryl methyl sites for hydroxylation is 2. The molecule has 2 N–H and O–H groups in total. The Morgan fingerprint density at radius 1 is 1.19 bits per heavy atom. The monoisotopic (exact) mass is 342 g/mol. The van der Waals surface area contributed by atoms with Gasteiger partial charge in [-0.05, 0) is 46.6 Å². The van der Waals surface area contributed by atoms with Gasteiger partial charge in [0.1, 0.15) is 0 Å². The quantitative estimate of drug-likeness (QED) is 0.563. The number of halogens is 1. The summed E-state index contributed by atoms with van der Waals surface area (Å²) in [6, 6.07) is 11.5. The van der Waals surface area contributed by atoms with Crippen LogP contribution in [0.4, 0.5) is 5.69 Å². The van der Waals surface area contributed by atoms with E-state index in [9.17, 15) is 4.79 Å². The highest BCUT2D eigenvalue weighted by molar-refractivity contribution is 9.10. The van der Waals surface area contributed by atoms with Crippen LogP contribution in [0, 0.1) is 6.92 Å². The van der Waals surface area contributed by atoms with Crippen molar-refractivity contribution in [3.8, 4) is 0 Å². The Morgan fingerprint density at radius 3 is 2.71 bits per heavy atom. The third-order valence-corrected chi connectivity index (χ3v) is 4.55. The molecule has 1 aromatic heterocycles. The highest BCUT2D eigenvalue weighted by Gasteiger charge is 2.18. The summed E-state index contributed by atoms with van der Waals surface area (Å²) in [6.45, 7) is 2.04. The van der Waals surface area contributed by atoms with Gasteiger partial charge in [-0.15, -0.1) is 0 Å². The molecule has 0 aliphatic rings. The van der Waals surface area contributed by atoms with Crippen molar-refractivity contribution >= 4 is 38.3 Å². The van der Waals surface area contributed by atoms with Crippen LogP contribution in [0.25, 0.3) is 10.9 Å². The number of nitrogen functional groups attached to an aromatic ring is 1. The van der Waals surface area contributed by atoms with E-state index in [0.717, 1.165) is 10.9 Å². The highest BCUT2D eigenvalue weighted by atomic mass is 79.9. The van der Waals surface area contributed by atoms with E-state index >= 15 is 0 Å². The van der Waals surface area contributed by atoms with Crippen molar-refractivity contribution in [2.75, 3.05) is 5.73 Å². The van der Waals surface area contributed by atoms with E-state index in [1.54, 1.807) is 18.2 Å². The minimum Gasteiger partial charge on any atom is -0.398 e. The Hall–Kier alpha value is -2.07. The molecule has 0 bridgehead atoms. The van der Waals surface area contributed by atoms with Crippen LogP contribution in [-0.2, 0) is 7.05 Å². The Kier molecular flexibility index (Phi) is 3.33. The lowest BCUT2D eigenvalue weighted by atomic mass is 10.0. The third-order valence-electron chi connectivity index (χ3n) is 3.66. The van der Waals surface area contributed by atoms with Crippen molar-refractivity contribution in [1.29, 1.82) is 0 Å². The smallest absolute Gasteiger partial charge is 0.196 e. The number of hydrogen-bond donors (Lipinski definition) is 1. The van der Waals surface area contributed by atoms with Crippen molar-refractivity contribution in [1.82, 2.24) is 4.57 Å². The Bertz CT molecular complexity index is 865. The number of nitrogens with two attached hydrogens (primary N) is 1. The minimum atomic E-state index is -0.0244. The van der Waals surface area contributed by atoms with Gasteiger partial charge >= 0.3 is 0 Å². The molecule has 4 heteroatoms. The first-order valence-corrected chi connectivity index (χ1v) is 7.42. The van der Waals surface area contributed by atoms with Gasteiger partial charge in [0, 0.05) is 41.0 Å². The zero-order chi connectivity index (χ0) is 15.1. The molecule has 0 fully saturated rings. The van der Waals surface area contributed by atoms with Crippen LogP contribution in [0.15, 0.2) is 47.1 Å². The van der Waals surface area contributed by atoms with Gasteiger partial charge in [0.05, 0.1) is 4.47 Å². The van der Waals surface area contributed by atoms with E-state index in [-0.39, 0.29) is 5.78 Å². The predicted octanol–water partition coefficient (Wildman–Crippen LogP) is 4.06. The molecule has 0 spiro atoms. The van der Waals surface area contributed by atoms with E-state index < -0.39 is 0 Å². The molecule has 0 unspecified atom stereocenters. The average molecular weight is 343 g/mol. The molecule has 3 rings (SSSR count). The molecule has 3 aromatic rings. The summed E-state index contributed by atoms with van der Waals surface area (Å²) in [6.07, 6.45) is 1.88. The summed E-state index contributed by atoms with van der Waals surface area (Å²) in [5, 5.41) is 0.961. The molecule has 0 radical (unpaired) electrons. The van der Waals surface area contributed by atoms with Crippen LogP contribution in [0.1, 0.15) is 21.5 Å². The largest absolute Gasteiger partial charge is 0.398 e. The summed E-state index contributed by atoms with van der Waals surface area (Å²) in [5.74, 6) is -0.0244. The molecule has 0 atom stereocenters. The average Bonchev–Trinajstić information content (AvgIpc) is 2.78. The molecule has 3 nitrogen and oxygen atoms in total. The van der Waals surface area contributed by atoms with Crippen LogP contribution in [0.5, 0.6) is 0 Å². The SMILES string of the molecule is Cc1ccc2c(C(=O)c3cccc(N)c3Br)cn(C)c2c1. The number of anilines is 1. The fraction of sp³-hybridized carbons (Fsp3) is 0.118. The van der Waals surface area contributed by atoms with Crippen LogP contribution >= 0.6 is 15.9 Å². The molecule has 0 saturated carbocycles. The summed E-state index contributed by atoms with van der Waals surface area (Å²) in [5.41, 5.74) is 9.94. The molecule has 0 saturated heterocycles. The first kappa shape index (κ1) is 13.9. The molecule has 21 heavy (non-hydrogen) atoms. The van der Waals surface area contributed by atoms with Crippen LogP contribution < -0.4 is 5.73 Å². The molecule has 106 valence electrons. The van der Waals surface area contributed by atoms with Gasteiger partial charge in [0.25, 0.3) is 0 Å². The summed E-state index contributed by atoms with van der Waals surface area (Å²) in [4.78, 5) is 12.8. The van der Waals surface area contributed by atoms with E-state index in [1.165, 1.54) is 5.56 Å². The number of nitrogens with zero attached hydrogens (tertiary/aromatic N) is 1. The zero-order valence-corrected chi connectivity index (χ0v) is 13.4. The van der Waals surface area contributed by atoms with Crippen molar-refractivity contribution < 1.29 is 4.79 Å². The fourth-order valence-corrected chi connectivity index (χ4v) is 2.99. The lowest BCUT2D eigenvalue weighted by Crippen LogP contribution is -2.03. The number of ketones is 1. The van der Waals surface area contributed by atoms with E-state index in [1.807, 2.05) is 36.9 Å². The van der Waals surface area contributed by atoms with Crippen molar-refractivity contribution in [3.63, 3.8) is 0 Å². The molecule has 2 aromatic carbocycles. The molecular weight excluding hydrogens is 328 g/mol. The van der Waals surface area contributed by atoms with Crippen molar-refractivity contribution in [2.45, 2.75) is 6.92 Å². The second-order valence-corrected chi connectivity index (χ2v) is 6.01. The minimum absolute atomic E-state index is 0.0244. The van der Waals surface area contributed by atoms with Crippen LogP contribution in [-0.4, -0.2) is 10.4 Å². The lowest BCUT2D eigenvalue weighted by molar-refractivity contribution is 0.103. The Labute approximate surface area is 131 Å². The first-order chi connectivity index (χ1) is 9.99. The zero-order valence-electron chi connectivity index (χ0n) is 11.9. The van der Waals surface area contributed by atoms with Gasteiger partial charge < -0.3 is 10.3 Å². The normalized spacial score (nSPS) is 11.0. The van der Waals surface area contributed by atoms with Gasteiger partial charge in [-0.3, -0.25) is 4.79 Å². The van der Waals surface area contributed by atoms with E-state index in [0.29, 0.717) is 21.3 Å². The molecule has 1 heterocycles. The lowest BCUT2D eigenvalue weighted by Gasteiger charge is -2.05. The maximum Gasteiger partial charge on any atom is 0.196 e. The van der Waals surface area contributed by atoms with Gasteiger partial charge in [-0.1, -0.05) is 18.2 Å². The molecule has 0 amide bonds. The number of carbonyl (C=O) groups excluding carboxylic acids is 1. The number of rotatable bonds is 2. The third kappa shape index (κ3) is 2.25. The number of carbonyl (C=O) groups is 1.